The Labute approximate surface area is 166 Å². The van der Waals surface area contributed by atoms with Gasteiger partial charge in [-0.25, -0.2) is 9.98 Å². The molecule has 0 aliphatic rings. The van der Waals surface area contributed by atoms with Crippen LogP contribution in [-0.2, 0) is 0 Å². The molecule has 0 radical (unpaired) electrons. The van der Waals surface area contributed by atoms with Gasteiger partial charge >= 0.3 is 0 Å². The minimum absolute atomic E-state index is 0.361. The predicted molar refractivity (Wildman–Crippen MR) is 114 cm³/mol. The van der Waals surface area contributed by atoms with E-state index < -0.39 is 0 Å². The van der Waals surface area contributed by atoms with Gasteiger partial charge in [-0.3, -0.25) is 4.79 Å². The minimum Gasteiger partial charge on any atom is -0.375 e. The Morgan fingerprint density at radius 3 is 2.88 bits per heavy atom. The summed E-state index contributed by atoms with van der Waals surface area (Å²) in [5, 5.41) is 4.21. The number of carbonyl (C=O) groups excluding carboxylic acids is 1. The van der Waals surface area contributed by atoms with E-state index >= 15 is 0 Å². The van der Waals surface area contributed by atoms with Crippen molar-refractivity contribution in [1.82, 2.24) is 10.3 Å². The lowest BCUT2D eigenvalue weighted by molar-refractivity contribution is 0.112. The second kappa shape index (κ2) is 9.52. The van der Waals surface area contributed by atoms with Crippen molar-refractivity contribution in [3.05, 3.63) is 52.8 Å². The number of carbonyl (C=O) groups is 1. The Balaban J connectivity index is 2.49. The number of hydrogen-bond acceptors (Lipinski definition) is 5. The maximum absolute atomic E-state index is 11.5. The molecule has 2 heterocycles. The molecule has 2 aromatic rings. The molecule has 2 aromatic heterocycles. The highest BCUT2D eigenvalue weighted by Gasteiger charge is 2.19. The summed E-state index contributed by atoms with van der Waals surface area (Å²) in [6.45, 7) is 3.68. The number of anilines is 1. The van der Waals surface area contributed by atoms with E-state index in [1.54, 1.807) is 24.4 Å². The largest absolute Gasteiger partial charge is 0.375 e. The first-order valence-electron chi connectivity index (χ1n) is 7.61. The fourth-order valence-corrected chi connectivity index (χ4v) is 3.63. The molecule has 0 spiro atoms. The number of halogens is 2. The minimum atomic E-state index is 0.361. The van der Waals surface area contributed by atoms with Gasteiger partial charge in [0.1, 0.15) is 0 Å². The number of alkyl halides is 1. The van der Waals surface area contributed by atoms with Gasteiger partial charge in [0.15, 0.2) is 11.4 Å². The zero-order chi connectivity index (χ0) is 19.1. The van der Waals surface area contributed by atoms with Crippen LogP contribution in [0.4, 0.5) is 11.4 Å². The number of pyridine rings is 1. The lowest BCUT2D eigenvalue weighted by atomic mass is 10.2. The van der Waals surface area contributed by atoms with Gasteiger partial charge in [0.05, 0.1) is 27.3 Å². The molecule has 0 aromatic carbocycles. The molecule has 0 unspecified atom stereocenters. The number of aromatic nitrogens is 1. The second-order valence-corrected chi connectivity index (χ2v) is 7.03. The van der Waals surface area contributed by atoms with Crippen LogP contribution in [0.1, 0.15) is 9.67 Å². The highest BCUT2D eigenvalue weighted by atomic mass is 35.5. The van der Waals surface area contributed by atoms with Gasteiger partial charge in [0.25, 0.3) is 0 Å². The van der Waals surface area contributed by atoms with Crippen LogP contribution in [-0.4, -0.2) is 37.6 Å². The predicted octanol–water partition coefficient (Wildman–Crippen LogP) is 4.94. The van der Waals surface area contributed by atoms with Crippen molar-refractivity contribution < 1.29 is 4.79 Å². The molecule has 26 heavy (non-hydrogen) atoms. The van der Waals surface area contributed by atoms with Crippen molar-refractivity contribution in [3.8, 4) is 0 Å². The second-order valence-electron chi connectivity index (χ2n) is 5.28. The number of fused-ring (bicyclic) bond motifs is 1. The van der Waals surface area contributed by atoms with Gasteiger partial charge in [0, 0.05) is 37.3 Å². The number of aliphatic imine (C=N–C) groups is 1. The van der Waals surface area contributed by atoms with E-state index in [-0.39, 0.29) is 0 Å². The number of aldehydes is 1. The van der Waals surface area contributed by atoms with E-state index in [1.807, 2.05) is 25.1 Å². The molecule has 0 fully saturated rings. The van der Waals surface area contributed by atoms with Crippen molar-refractivity contribution in [2.45, 2.75) is 0 Å². The van der Waals surface area contributed by atoms with Crippen LogP contribution in [0.2, 0.25) is 5.15 Å². The van der Waals surface area contributed by atoms with E-state index in [9.17, 15) is 4.79 Å². The molecule has 8 heteroatoms. The third-order valence-electron chi connectivity index (χ3n) is 3.33. The maximum atomic E-state index is 11.5. The van der Waals surface area contributed by atoms with Crippen molar-refractivity contribution in [2.75, 3.05) is 24.9 Å². The smallest absolute Gasteiger partial charge is 0.162 e. The molecule has 2 rings (SSSR count). The van der Waals surface area contributed by atoms with Crippen molar-refractivity contribution in [1.29, 1.82) is 0 Å². The number of thiophene rings is 1. The van der Waals surface area contributed by atoms with E-state index in [0.717, 1.165) is 27.8 Å². The molecular formula is C18H18Cl2N4OS. The van der Waals surface area contributed by atoms with Crippen LogP contribution in [0, 0.1) is 0 Å². The summed E-state index contributed by atoms with van der Waals surface area (Å²) >= 11 is 13.3. The Bertz CT molecular complexity index is 900. The van der Waals surface area contributed by atoms with Gasteiger partial charge in [-0.15, -0.1) is 22.9 Å². The molecule has 136 valence electrons. The lowest BCUT2D eigenvalue weighted by Gasteiger charge is -2.15. The van der Waals surface area contributed by atoms with E-state index in [0.29, 0.717) is 21.6 Å². The molecule has 0 atom stereocenters. The molecule has 0 aliphatic heterocycles. The normalized spacial score (nSPS) is 12.2. The van der Waals surface area contributed by atoms with Gasteiger partial charge in [-0.2, -0.15) is 0 Å². The summed E-state index contributed by atoms with van der Waals surface area (Å²) in [4.78, 5) is 22.5. The van der Waals surface area contributed by atoms with Gasteiger partial charge < -0.3 is 10.2 Å². The van der Waals surface area contributed by atoms with Gasteiger partial charge in [-0.05, 0) is 12.2 Å². The number of allylic oxidation sites excluding steroid dienone is 4. The maximum Gasteiger partial charge on any atom is 0.162 e. The van der Waals surface area contributed by atoms with Crippen LogP contribution in [0.25, 0.3) is 10.1 Å². The third-order valence-corrected chi connectivity index (χ3v) is 4.82. The van der Waals surface area contributed by atoms with Crippen LogP contribution < -0.4 is 10.2 Å². The van der Waals surface area contributed by atoms with E-state index in [2.05, 4.69) is 21.9 Å². The van der Waals surface area contributed by atoms with Crippen LogP contribution >= 0.6 is 34.5 Å². The zero-order valence-corrected chi connectivity index (χ0v) is 16.7. The number of nitrogens with one attached hydrogen (secondary N) is 1. The highest BCUT2D eigenvalue weighted by molar-refractivity contribution is 7.21. The van der Waals surface area contributed by atoms with Gasteiger partial charge in [-0.1, -0.05) is 30.3 Å². The molecule has 0 saturated heterocycles. The molecule has 5 nitrogen and oxygen atoms in total. The first-order chi connectivity index (χ1) is 12.5. The monoisotopic (exact) mass is 408 g/mol. The Kier molecular flexibility index (Phi) is 7.38. The summed E-state index contributed by atoms with van der Waals surface area (Å²) in [7, 11) is 3.74. The standard InChI is InChI=1S/C18H18Cl2N4OS/c1-4-6-12(7-5-8-19)22-11-23-16-14(10-25)26-13-9-21-18(20)17(15(13)16)24(2)3/h4-7,9-11H,1,8H2,2-3H3,(H,22,23)/b7-5-,12-6+. The average Bonchev–Trinajstić information content (AvgIpc) is 2.97. The van der Waals surface area contributed by atoms with Gasteiger partial charge in [0.2, 0.25) is 0 Å². The summed E-state index contributed by atoms with van der Waals surface area (Å²) < 4.78 is 0.844. The number of rotatable bonds is 8. The first kappa shape index (κ1) is 20.2. The lowest BCUT2D eigenvalue weighted by Crippen LogP contribution is -2.10. The topological polar surface area (TPSA) is 57.6 Å². The molecule has 1 N–H and O–H groups in total. The Morgan fingerprint density at radius 2 is 2.27 bits per heavy atom. The number of nitrogens with zero attached hydrogens (tertiary/aromatic N) is 3. The summed E-state index contributed by atoms with van der Waals surface area (Å²) in [5.74, 6) is 0.398. The van der Waals surface area contributed by atoms with Crippen molar-refractivity contribution in [3.63, 3.8) is 0 Å². The van der Waals surface area contributed by atoms with Crippen molar-refractivity contribution in [2.24, 2.45) is 4.99 Å². The first-order valence-corrected chi connectivity index (χ1v) is 9.34. The Morgan fingerprint density at radius 1 is 1.50 bits per heavy atom. The summed E-state index contributed by atoms with van der Waals surface area (Å²) in [6, 6.07) is 0. The third kappa shape index (κ3) is 4.52. The number of hydrogen-bond donors (Lipinski definition) is 1. The molecular weight excluding hydrogens is 391 g/mol. The van der Waals surface area contributed by atoms with E-state index in [4.69, 9.17) is 23.2 Å². The Hall–Kier alpha value is -2.15. The summed E-state index contributed by atoms with van der Waals surface area (Å²) in [5.41, 5.74) is 2.05. The van der Waals surface area contributed by atoms with Crippen LogP contribution in [0.3, 0.4) is 0 Å². The highest BCUT2D eigenvalue weighted by Crippen LogP contribution is 2.44. The average molecular weight is 409 g/mol. The summed E-state index contributed by atoms with van der Waals surface area (Å²) in [6.07, 6.45) is 11.0. The van der Waals surface area contributed by atoms with Crippen LogP contribution in [0.5, 0.6) is 0 Å². The molecule has 0 saturated carbocycles. The fourth-order valence-electron chi connectivity index (χ4n) is 2.29. The quantitative estimate of drug-likeness (QED) is 0.168. The zero-order valence-electron chi connectivity index (χ0n) is 14.4. The van der Waals surface area contributed by atoms with Crippen LogP contribution in [0.15, 0.2) is 47.8 Å². The fraction of sp³-hybridized carbons (Fsp3) is 0.167. The SMILES string of the molecule is C=C/C=C(\C=C/CCl)NC=Nc1c(C=O)sc2cnc(Cl)c(N(C)C)c12. The molecule has 0 bridgehead atoms. The van der Waals surface area contributed by atoms with E-state index in [1.165, 1.54) is 17.7 Å². The van der Waals surface area contributed by atoms with Crippen molar-refractivity contribution >= 4 is 68.6 Å². The molecule has 0 amide bonds. The molecule has 0 aliphatic carbocycles.